The molecule has 0 unspecified atom stereocenters. The number of nitrogens with one attached hydrogen (secondary N) is 3. The Morgan fingerprint density at radius 3 is 2.50 bits per heavy atom. The lowest BCUT2D eigenvalue weighted by Gasteiger charge is -2.10. The van der Waals surface area contributed by atoms with Crippen LogP contribution < -0.4 is 16.0 Å². The van der Waals surface area contributed by atoms with E-state index in [0.29, 0.717) is 12.2 Å². The number of aromatic nitrogens is 2. The van der Waals surface area contributed by atoms with Crippen LogP contribution in [0.3, 0.4) is 0 Å². The van der Waals surface area contributed by atoms with Crippen molar-refractivity contribution in [2.75, 3.05) is 5.32 Å². The second-order valence-electron chi connectivity index (χ2n) is 7.06. The highest BCUT2D eigenvalue weighted by Gasteiger charge is 2.04. The minimum Gasteiger partial charge on any atom is -0.348 e. The molecular weight excluding hydrogens is 378 g/mol. The van der Waals surface area contributed by atoms with Crippen LogP contribution in [-0.4, -0.2) is 27.8 Å². The Morgan fingerprint density at radius 2 is 1.80 bits per heavy atom. The van der Waals surface area contributed by atoms with Gasteiger partial charge in [-0.25, -0.2) is 9.48 Å². The van der Waals surface area contributed by atoms with Crippen LogP contribution in [0.5, 0.6) is 0 Å². The van der Waals surface area contributed by atoms with Gasteiger partial charge in [-0.05, 0) is 49.8 Å². The fourth-order valence-corrected chi connectivity index (χ4v) is 2.70. The molecule has 0 aliphatic carbocycles. The van der Waals surface area contributed by atoms with Gasteiger partial charge in [0.05, 0.1) is 11.9 Å². The second-order valence-corrected chi connectivity index (χ2v) is 7.06. The maximum atomic E-state index is 12.1. The van der Waals surface area contributed by atoms with Crippen molar-refractivity contribution >= 4 is 23.7 Å². The van der Waals surface area contributed by atoms with Crippen LogP contribution in [0.15, 0.2) is 73.1 Å². The van der Waals surface area contributed by atoms with Gasteiger partial charge in [0.15, 0.2) is 0 Å². The average molecular weight is 403 g/mol. The van der Waals surface area contributed by atoms with Crippen molar-refractivity contribution in [3.05, 3.63) is 84.2 Å². The first-order valence-corrected chi connectivity index (χ1v) is 9.72. The molecule has 3 N–H and O–H groups in total. The smallest absolute Gasteiger partial charge is 0.319 e. The molecule has 0 atom stereocenters. The maximum Gasteiger partial charge on any atom is 0.319 e. The first kappa shape index (κ1) is 20.9. The molecule has 7 nitrogen and oxygen atoms in total. The standard InChI is InChI=1S/C23H25N5O2/c1-17(2)26-23(30)27-20-11-8-18(9-12-20)14-24-22(29)13-10-19-15-25-28(16-19)21-6-4-3-5-7-21/h3-13,15-17H,14H2,1-2H3,(H,24,29)(H2,26,27,30). The summed E-state index contributed by atoms with van der Waals surface area (Å²) in [5.41, 5.74) is 3.42. The highest BCUT2D eigenvalue weighted by atomic mass is 16.2. The Hall–Kier alpha value is -3.87. The number of carbonyl (C=O) groups excluding carboxylic acids is 2. The Morgan fingerprint density at radius 1 is 1.07 bits per heavy atom. The molecule has 2 aromatic carbocycles. The molecule has 0 aliphatic heterocycles. The third kappa shape index (κ3) is 6.34. The largest absolute Gasteiger partial charge is 0.348 e. The van der Waals surface area contributed by atoms with Crippen LogP contribution in [0.1, 0.15) is 25.0 Å². The lowest BCUT2D eigenvalue weighted by atomic mass is 10.2. The van der Waals surface area contributed by atoms with E-state index in [1.165, 1.54) is 6.08 Å². The summed E-state index contributed by atoms with van der Waals surface area (Å²) in [6.07, 6.45) is 6.78. The van der Waals surface area contributed by atoms with Gasteiger partial charge >= 0.3 is 6.03 Å². The van der Waals surface area contributed by atoms with Gasteiger partial charge in [0.2, 0.25) is 5.91 Å². The van der Waals surface area contributed by atoms with E-state index in [2.05, 4.69) is 21.0 Å². The number of hydrogen-bond acceptors (Lipinski definition) is 3. The van der Waals surface area contributed by atoms with E-state index in [9.17, 15) is 9.59 Å². The number of para-hydroxylation sites is 1. The molecule has 30 heavy (non-hydrogen) atoms. The quantitative estimate of drug-likeness (QED) is 0.525. The van der Waals surface area contributed by atoms with E-state index in [1.54, 1.807) is 29.1 Å². The predicted molar refractivity (Wildman–Crippen MR) is 118 cm³/mol. The number of anilines is 1. The molecule has 3 aromatic rings. The molecular formula is C23H25N5O2. The zero-order valence-corrected chi connectivity index (χ0v) is 17.0. The van der Waals surface area contributed by atoms with Crippen LogP contribution in [0.2, 0.25) is 0 Å². The number of urea groups is 1. The molecule has 7 heteroatoms. The van der Waals surface area contributed by atoms with Crippen LogP contribution in [-0.2, 0) is 11.3 Å². The molecule has 0 radical (unpaired) electrons. The van der Waals surface area contributed by atoms with Crippen molar-refractivity contribution in [3.63, 3.8) is 0 Å². The van der Waals surface area contributed by atoms with Gasteiger partial charge in [-0.3, -0.25) is 4.79 Å². The normalized spacial score (nSPS) is 10.9. The third-order valence-corrected chi connectivity index (χ3v) is 4.15. The van der Waals surface area contributed by atoms with Crippen LogP contribution in [0.4, 0.5) is 10.5 Å². The van der Waals surface area contributed by atoms with Gasteiger partial charge in [0.1, 0.15) is 0 Å². The van der Waals surface area contributed by atoms with Crippen molar-refractivity contribution in [2.24, 2.45) is 0 Å². The molecule has 0 saturated heterocycles. The second kappa shape index (κ2) is 10.1. The first-order valence-electron chi connectivity index (χ1n) is 9.72. The number of amides is 3. The van der Waals surface area contributed by atoms with Gasteiger partial charge in [-0.15, -0.1) is 0 Å². The summed E-state index contributed by atoms with van der Waals surface area (Å²) < 4.78 is 1.76. The van der Waals surface area contributed by atoms with Crippen LogP contribution in [0.25, 0.3) is 11.8 Å². The number of nitrogens with zero attached hydrogens (tertiary/aromatic N) is 2. The summed E-state index contributed by atoms with van der Waals surface area (Å²) in [6, 6.07) is 16.9. The lowest BCUT2D eigenvalue weighted by molar-refractivity contribution is -0.116. The monoisotopic (exact) mass is 403 g/mol. The Kier molecular flexibility index (Phi) is 7.00. The lowest BCUT2D eigenvalue weighted by Crippen LogP contribution is -2.34. The molecule has 0 saturated carbocycles. The SMILES string of the molecule is CC(C)NC(=O)Nc1ccc(CNC(=O)C=Cc2cnn(-c3ccccc3)c2)cc1. The fraction of sp³-hybridized carbons (Fsp3) is 0.174. The highest BCUT2D eigenvalue weighted by molar-refractivity contribution is 5.91. The minimum absolute atomic E-state index is 0.0696. The van der Waals surface area contributed by atoms with E-state index in [4.69, 9.17) is 0 Å². The molecule has 3 amide bonds. The van der Waals surface area contributed by atoms with E-state index in [1.807, 2.05) is 62.5 Å². The zero-order valence-electron chi connectivity index (χ0n) is 17.0. The van der Waals surface area contributed by atoms with E-state index >= 15 is 0 Å². The number of hydrogen-bond donors (Lipinski definition) is 3. The molecule has 154 valence electrons. The van der Waals surface area contributed by atoms with Gasteiger partial charge in [0, 0.05) is 36.1 Å². The number of benzene rings is 2. The van der Waals surface area contributed by atoms with E-state index < -0.39 is 0 Å². The topological polar surface area (TPSA) is 88.1 Å². The molecule has 1 heterocycles. The summed E-state index contributed by atoms with van der Waals surface area (Å²) in [5.74, 6) is -0.194. The van der Waals surface area contributed by atoms with Crippen molar-refractivity contribution in [1.29, 1.82) is 0 Å². The fourth-order valence-electron chi connectivity index (χ4n) is 2.70. The van der Waals surface area contributed by atoms with E-state index in [0.717, 1.165) is 16.8 Å². The summed E-state index contributed by atoms with van der Waals surface area (Å²) in [5, 5.41) is 12.7. The van der Waals surface area contributed by atoms with Gasteiger partial charge in [-0.1, -0.05) is 30.3 Å². The molecule has 3 rings (SSSR count). The Bertz CT molecular complexity index is 1010. The highest BCUT2D eigenvalue weighted by Crippen LogP contribution is 2.10. The predicted octanol–water partition coefficient (Wildman–Crippen LogP) is 3.73. The van der Waals surface area contributed by atoms with E-state index in [-0.39, 0.29) is 18.0 Å². The van der Waals surface area contributed by atoms with Gasteiger partial charge in [-0.2, -0.15) is 5.10 Å². The summed E-state index contributed by atoms with van der Waals surface area (Å²) in [7, 11) is 0. The van der Waals surface area contributed by atoms with Crippen molar-refractivity contribution in [2.45, 2.75) is 26.4 Å². The molecule has 0 aliphatic rings. The number of rotatable bonds is 7. The average Bonchev–Trinajstić information content (AvgIpc) is 3.21. The summed E-state index contributed by atoms with van der Waals surface area (Å²) in [6.45, 7) is 4.19. The minimum atomic E-state index is -0.244. The van der Waals surface area contributed by atoms with Crippen molar-refractivity contribution in [3.8, 4) is 5.69 Å². The Balaban J connectivity index is 1.47. The number of carbonyl (C=O) groups is 2. The molecule has 0 fully saturated rings. The van der Waals surface area contributed by atoms with Crippen LogP contribution >= 0.6 is 0 Å². The van der Waals surface area contributed by atoms with Crippen LogP contribution in [0, 0.1) is 0 Å². The summed E-state index contributed by atoms with van der Waals surface area (Å²) in [4.78, 5) is 23.8. The van der Waals surface area contributed by atoms with Gasteiger partial charge in [0.25, 0.3) is 0 Å². The molecule has 0 spiro atoms. The third-order valence-electron chi connectivity index (χ3n) is 4.15. The van der Waals surface area contributed by atoms with Crippen molar-refractivity contribution < 1.29 is 9.59 Å². The zero-order chi connectivity index (χ0) is 21.3. The summed E-state index contributed by atoms with van der Waals surface area (Å²) >= 11 is 0. The van der Waals surface area contributed by atoms with Gasteiger partial charge < -0.3 is 16.0 Å². The molecule has 1 aromatic heterocycles. The van der Waals surface area contributed by atoms with Crippen molar-refractivity contribution in [1.82, 2.24) is 20.4 Å². The maximum absolute atomic E-state index is 12.1. The first-order chi connectivity index (χ1) is 14.5. The molecule has 0 bridgehead atoms. The Labute approximate surface area is 175 Å².